The van der Waals surface area contributed by atoms with Gasteiger partial charge in [0.15, 0.2) is 0 Å². The standard InChI is InChI=1S/C27H41N3O2/c1-3-16-29(17-4-2)18-8-9-19-30(21-25-14-12-24(20-28)13-15-25)22-27(31)32-23-26-10-6-5-7-11-26/h5-7,10-15H,3-4,8-9,16-23,28H2,1-2H3. The number of carbonyl (C=O) groups is 1. The summed E-state index contributed by atoms with van der Waals surface area (Å²) in [4.78, 5) is 17.3. The molecule has 0 heterocycles. The summed E-state index contributed by atoms with van der Waals surface area (Å²) in [6.45, 7) is 10.7. The van der Waals surface area contributed by atoms with Crippen molar-refractivity contribution >= 4 is 5.97 Å². The molecule has 2 aromatic carbocycles. The number of unbranched alkanes of at least 4 members (excludes halogenated alkanes) is 1. The molecule has 0 aliphatic carbocycles. The summed E-state index contributed by atoms with van der Waals surface area (Å²) in [5.74, 6) is -0.175. The van der Waals surface area contributed by atoms with Crippen molar-refractivity contribution in [1.29, 1.82) is 0 Å². The predicted octanol–water partition coefficient (Wildman–Crippen LogP) is 4.59. The second kappa shape index (κ2) is 15.6. The van der Waals surface area contributed by atoms with E-state index in [2.05, 4.69) is 47.9 Å². The maximum atomic E-state index is 12.5. The third-order valence-corrected chi connectivity index (χ3v) is 5.54. The van der Waals surface area contributed by atoms with Crippen LogP contribution in [0.4, 0.5) is 0 Å². The third-order valence-electron chi connectivity index (χ3n) is 5.54. The van der Waals surface area contributed by atoms with Gasteiger partial charge in [-0.15, -0.1) is 0 Å². The molecule has 5 heteroatoms. The van der Waals surface area contributed by atoms with Crippen LogP contribution in [0.5, 0.6) is 0 Å². The third kappa shape index (κ3) is 10.4. The molecule has 0 bridgehead atoms. The minimum absolute atomic E-state index is 0.175. The highest BCUT2D eigenvalue weighted by atomic mass is 16.5. The van der Waals surface area contributed by atoms with Crippen molar-refractivity contribution in [2.75, 3.05) is 32.7 Å². The lowest BCUT2D eigenvalue weighted by Crippen LogP contribution is -2.32. The molecule has 2 N–H and O–H groups in total. The zero-order valence-corrected chi connectivity index (χ0v) is 20.0. The summed E-state index contributed by atoms with van der Waals surface area (Å²) >= 11 is 0. The SMILES string of the molecule is CCCN(CCC)CCCCN(CC(=O)OCc1ccccc1)Cc1ccc(CN)cc1. The maximum absolute atomic E-state index is 12.5. The number of hydrogen-bond acceptors (Lipinski definition) is 5. The van der Waals surface area contributed by atoms with Gasteiger partial charge in [0.05, 0.1) is 6.54 Å². The van der Waals surface area contributed by atoms with Crippen LogP contribution < -0.4 is 5.73 Å². The maximum Gasteiger partial charge on any atom is 0.320 e. The lowest BCUT2D eigenvalue weighted by Gasteiger charge is -2.24. The Hall–Kier alpha value is -2.21. The summed E-state index contributed by atoms with van der Waals surface area (Å²) in [6, 6.07) is 18.2. The minimum atomic E-state index is -0.175. The van der Waals surface area contributed by atoms with Crippen molar-refractivity contribution in [3.63, 3.8) is 0 Å². The van der Waals surface area contributed by atoms with Crippen LogP contribution in [0.1, 0.15) is 56.2 Å². The molecule has 0 unspecified atom stereocenters. The van der Waals surface area contributed by atoms with E-state index in [0.29, 0.717) is 19.7 Å². The van der Waals surface area contributed by atoms with E-state index in [1.807, 2.05) is 30.3 Å². The molecule has 0 aromatic heterocycles. The average molecular weight is 440 g/mol. The van der Waals surface area contributed by atoms with Gasteiger partial charge in [-0.25, -0.2) is 0 Å². The highest BCUT2D eigenvalue weighted by Gasteiger charge is 2.13. The quantitative estimate of drug-likeness (QED) is 0.306. The van der Waals surface area contributed by atoms with Crippen molar-refractivity contribution < 1.29 is 9.53 Å². The monoisotopic (exact) mass is 439 g/mol. The Balaban J connectivity index is 1.88. The van der Waals surface area contributed by atoms with Gasteiger partial charge in [-0.05, 0) is 68.6 Å². The summed E-state index contributed by atoms with van der Waals surface area (Å²) in [5.41, 5.74) is 9.04. The summed E-state index contributed by atoms with van der Waals surface area (Å²) in [7, 11) is 0. The van der Waals surface area contributed by atoms with E-state index in [-0.39, 0.29) is 5.97 Å². The first-order chi connectivity index (χ1) is 15.6. The first kappa shape index (κ1) is 26.0. The molecule has 5 nitrogen and oxygen atoms in total. The van der Waals surface area contributed by atoms with Gasteiger partial charge in [0.2, 0.25) is 0 Å². The smallest absolute Gasteiger partial charge is 0.320 e. The Morgan fingerprint density at radius 3 is 1.97 bits per heavy atom. The number of benzene rings is 2. The fraction of sp³-hybridized carbons (Fsp3) is 0.519. The summed E-state index contributed by atoms with van der Waals surface area (Å²) in [5, 5.41) is 0. The Labute approximate surface area is 194 Å². The van der Waals surface area contributed by atoms with E-state index in [1.165, 1.54) is 18.4 Å². The number of ether oxygens (including phenoxy) is 1. The van der Waals surface area contributed by atoms with Gasteiger partial charge >= 0.3 is 5.97 Å². The molecular formula is C27H41N3O2. The Morgan fingerprint density at radius 1 is 0.781 bits per heavy atom. The predicted molar refractivity (Wildman–Crippen MR) is 132 cm³/mol. The Kier molecular flexibility index (Phi) is 12.7. The number of nitrogens with zero attached hydrogens (tertiary/aromatic N) is 2. The highest BCUT2D eigenvalue weighted by Crippen LogP contribution is 2.10. The van der Waals surface area contributed by atoms with Crippen LogP contribution >= 0.6 is 0 Å². The fourth-order valence-corrected chi connectivity index (χ4v) is 3.86. The second-order valence-electron chi connectivity index (χ2n) is 8.43. The van der Waals surface area contributed by atoms with E-state index >= 15 is 0 Å². The minimum Gasteiger partial charge on any atom is -0.460 e. The molecule has 0 radical (unpaired) electrons. The summed E-state index contributed by atoms with van der Waals surface area (Å²) < 4.78 is 5.54. The molecule has 0 spiro atoms. The Morgan fingerprint density at radius 2 is 1.38 bits per heavy atom. The average Bonchev–Trinajstić information content (AvgIpc) is 2.82. The van der Waals surface area contributed by atoms with E-state index in [4.69, 9.17) is 10.5 Å². The molecule has 0 aliphatic heterocycles. The van der Waals surface area contributed by atoms with Gasteiger partial charge in [0.25, 0.3) is 0 Å². The molecular weight excluding hydrogens is 398 g/mol. The highest BCUT2D eigenvalue weighted by molar-refractivity contribution is 5.71. The summed E-state index contributed by atoms with van der Waals surface area (Å²) in [6.07, 6.45) is 4.59. The van der Waals surface area contributed by atoms with Crippen molar-refractivity contribution in [2.24, 2.45) is 5.73 Å². The largest absolute Gasteiger partial charge is 0.460 e. The van der Waals surface area contributed by atoms with Crippen LogP contribution in [0.3, 0.4) is 0 Å². The van der Waals surface area contributed by atoms with Crippen LogP contribution in [-0.4, -0.2) is 48.5 Å². The van der Waals surface area contributed by atoms with Gasteiger partial charge in [0.1, 0.15) is 6.61 Å². The molecule has 0 saturated carbocycles. The molecule has 0 atom stereocenters. The number of esters is 1. The van der Waals surface area contributed by atoms with Gasteiger partial charge in [-0.2, -0.15) is 0 Å². The van der Waals surface area contributed by atoms with Crippen LogP contribution in [0.15, 0.2) is 54.6 Å². The lowest BCUT2D eigenvalue weighted by molar-refractivity contribution is -0.146. The molecule has 0 fully saturated rings. The van der Waals surface area contributed by atoms with Crippen molar-refractivity contribution in [1.82, 2.24) is 9.80 Å². The molecule has 0 amide bonds. The van der Waals surface area contributed by atoms with Crippen LogP contribution in [0.25, 0.3) is 0 Å². The van der Waals surface area contributed by atoms with E-state index in [9.17, 15) is 4.79 Å². The molecule has 2 rings (SSSR count). The van der Waals surface area contributed by atoms with Crippen molar-refractivity contribution in [2.45, 2.75) is 59.2 Å². The number of carbonyl (C=O) groups excluding carboxylic acids is 1. The van der Waals surface area contributed by atoms with Gasteiger partial charge < -0.3 is 15.4 Å². The normalized spacial score (nSPS) is 11.3. The molecule has 176 valence electrons. The van der Waals surface area contributed by atoms with Gasteiger partial charge in [-0.1, -0.05) is 68.4 Å². The fourth-order valence-electron chi connectivity index (χ4n) is 3.86. The first-order valence-electron chi connectivity index (χ1n) is 12.1. The van der Waals surface area contributed by atoms with Crippen molar-refractivity contribution in [3.05, 3.63) is 71.3 Å². The van der Waals surface area contributed by atoms with Gasteiger partial charge in [0, 0.05) is 13.1 Å². The van der Waals surface area contributed by atoms with Crippen LogP contribution in [0.2, 0.25) is 0 Å². The molecule has 0 aliphatic rings. The van der Waals surface area contributed by atoms with E-state index in [1.54, 1.807) is 0 Å². The zero-order chi connectivity index (χ0) is 23.0. The topological polar surface area (TPSA) is 58.8 Å². The number of nitrogens with two attached hydrogens (primary N) is 1. The second-order valence-corrected chi connectivity index (χ2v) is 8.43. The van der Waals surface area contributed by atoms with E-state index in [0.717, 1.165) is 56.7 Å². The van der Waals surface area contributed by atoms with E-state index < -0.39 is 0 Å². The van der Waals surface area contributed by atoms with Crippen LogP contribution in [-0.2, 0) is 29.2 Å². The molecule has 32 heavy (non-hydrogen) atoms. The first-order valence-corrected chi connectivity index (χ1v) is 12.1. The lowest BCUT2D eigenvalue weighted by atomic mass is 10.1. The number of rotatable bonds is 16. The molecule has 2 aromatic rings. The van der Waals surface area contributed by atoms with Crippen LogP contribution in [0, 0.1) is 0 Å². The number of hydrogen-bond donors (Lipinski definition) is 1. The molecule has 0 saturated heterocycles. The van der Waals surface area contributed by atoms with Crippen molar-refractivity contribution in [3.8, 4) is 0 Å². The Bertz CT molecular complexity index is 743. The van der Waals surface area contributed by atoms with Gasteiger partial charge in [-0.3, -0.25) is 9.69 Å². The zero-order valence-electron chi connectivity index (χ0n) is 20.0.